The summed E-state index contributed by atoms with van der Waals surface area (Å²) in [5.41, 5.74) is 0.576. The summed E-state index contributed by atoms with van der Waals surface area (Å²) >= 11 is 0. The van der Waals surface area contributed by atoms with Crippen LogP contribution in [0.5, 0.6) is 0 Å². The molecule has 2 rings (SSSR count). The van der Waals surface area contributed by atoms with Crippen LogP contribution in [0.3, 0.4) is 0 Å². The van der Waals surface area contributed by atoms with Gasteiger partial charge in [0.25, 0.3) is 0 Å². The van der Waals surface area contributed by atoms with E-state index in [2.05, 4.69) is 10.6 Å². The number of alkyl halides is 3. The van der Waals surface area contributed by atoms with Crippen molar-refractivity contribution in [3.05, 3.63) is 29.8 Å². The molecule has 1 aromatic carbocycles. The predicted octanol–water partition coefficient (Wildman–Crippen LogP) is 3.12. The number of benzene rings is 1. The van der Waals surface area contributed by atoms with Crippen LogP contribution in [0, 0.1) is 5.92 Å². The van der Waals surface area contributed by atoms with Gasteiger partial charge >= 0.3 is 6.18 Å². The van der Waals surface area contributed by atoms with Gasteiger partial charge in [0.15, 0.2) is 0 Å². The number of hydrogen-bond donors (Lipinski definition) is 2. The van der Waals surface area contributed by atoms with Crippen LogP contribution in [0.4, 0.5) is 18.9 Å². The van der Waals surface area contributed by atoms with Crippen LogP contribution in [0.2, 0.25) is 0 Å². The third-order valence-corrected chi connectivity index (χ3v) is 3.56. The molecule has 1 atom stereocenters. The van der Waals surface area contributed by atoms with Crippen molar-refractivity contribution in [3.8, 4) is 0 Å². The van der Waals surface area contributed by atoms with E-state index in [9.17, 15) is 18.0 Å². The summed E-state index contributed by atoms with van der Waals surface area (Å²) in [6.07, 6.45) is -2.94. The Labute approximate surface area is 121 Å². The standard InChI is InChI=1S/C15H19F3N2O/c16-15(17,18)9-12-2-1-3-13(8-12)20-14(21)5-4-11-6-7-19-10-11/h1-3,8,11,19H,4-7,9-10H2,(H,20,21). The molecule has 2 N–H and O–H groups in total. The first kappa shape index (κ1) is 15.8. The number of hydrogen-bond acceptors (Lipinski definition) is 2. The van der Waals surface area contributed by atoms with Crippen molar-refractivity contribution in [1.82, 2.24) is 5.32 Å². The largest absolute Gasteiger partial charge is 0.393 e. The van der Waals surface area contributed by atoms with Gasteiger partial charge in [0.2, 0.25) is 5.91 Å². The van der Waals surface area contributed by atoms with Crippen LogP contribution in [-0.4, -0.2) is 25.2 Å². The summed E-state index contributed by atoms with van der Waals surface area (Å²) in [7, 11) is 0. The maximum atomic E-state index is 12.3. The average Bonchev–Trinajstić information content (AvgIpc) is 2.87. The van der Waals surface area contributed by atoms with Gasteiger partial charge in [-0.2, -0.15) is 13.2 Å². The van der Waals surface area contributed by atoms with Gasteiger partial charge in [0.05, 0.1) is 6.42 Å². The SMILES string of the molecule is O=C(CCC1CCNC1)Nc1cccc(CC(F)(F)F)c1. The third-order valence-electron chi connectivity index (χ3n) is 3.56. The van der Waals surface area contributed by atoms with Gasteiger partial charge in [-0.1, -0.05) is 12.1 Å². The fourth-order valence-corrected chi connectivity index (χ4v) is 2.51. The molecule has 1 fully saturated rings. The lowest BCUT2D eigenvalue weighted by Crippen LogP contribution is -2.15. The maximum Gasteiger partial charge on any atom is 0.393 e. The highest BCUT2D eigenvalue weighted by Gasteiger charge is 2.27. The van der Waals surface area contributed by atoms with Gasteiger partial charge in [0, 0.05) is 12.1 Å². The molecule has 0 aliphatic carbocycles. The molecular weight excluding hydrogens is 281 g/mol. The maximum absolute atomic E-state index is 12.3. The highest BCUT2D eigenvalue weighted by atomic mass is 19.4. The molecule has 3 nitrogen and oxygen atoms in total. The van der Waals surface area contributed by atoms with E-state index < -0.39 is 12.6 Å². The van der Waals surface area contributed by atoms with E-state index in [1.807, 2.05) is 0 Å². The Morgan fingerprint density at radius 2 is 2.19 bits per heavy atom. The van der Waals surface area contributed by atoms with Crippen molar-refractivity contribution < 1.29 is 18.0 Å². The Kier molecular flexibility index (Phi) is 5.22. The second-order valence-electron chi connectivity index (χ2n) is 5.44. The zero-order chi connectivity index (χ0) is 15.3. The molecule has 116 valence electrons. The minimum Gasteiger partial charge on any atom is -0.326 e. The van der Waals surface area contributed by atoms with E-state index in [-0.39, 0.29) is 11.5 Å². The number of nitrogens with one attached hydrogen (secondary N) is 2. The lowest BCUT2D eigenvalue weighted by Gasteiger charge is -2.10. The first-order chi connectivity index (χ1) is 9.92. The number of carbonyl (C=O) groups excluding carboxylic acids is 1. The van der Waals surface area contributed by atoms with E-state index >= 15 is 0 Å². The Hall–Kier alpha value is -1.56. The van der Waals surface area contributed by atoms with Crippen LogP contribution in [0.15, 0.2) is 24.3 Å². The molecule has 0 aromatic heterocycles. The highest BCUT2D eigenvalue weighted by molar-refractivity contribution is 5.90. The molecule has 0 spiro atoms. The van der Waals surface area contributed by atoms with Crippen molar-refractivity contribution in [2.45, 2.75) is 31.9 Å². The van der Waals surface area contributed by atoms with Gasteiger partial charge in [-0.05, 0) is 49.5 Å². The molecule has 0 saturated carbocycles. The Morgan fingerprint density at radius 3 is 2.86 bits per heavy atom. The number of halogens is 3. The van der Waals surface area contributed by atoms with Gasteiger partial charge < -0.3 is 10.6 Å². The Balaban J connectivity index is 1.83. The number of anilines is 1. The van der Waals surface area contributed by atoms with Crippen molar-refractivity contribution in [2.75, 3.05) is 18.4 Å². The highest BCUT2D eigenvalue weighted by Crippen LogP contribution is 2.23. The van der Waals surface area contributed by atoms with E-state index in [0.717, 1.165) is 25.9 Å². The zero-order valence-electron chi connectivity index (χ0n) is 11.7. The summed E-state index contributed by atoms with van der Waals surface area (Å²) in [5, 5.41) is 5.90. The van der Waals surface area contributed by atoms with Gasteiger partial charge in [-0.3, -0.25) is 4.79 Å². The minimum absolute atomic E-state index is 0.147. The third kappa shape index (κ3) is 5.75. The summed E-state index contributed by atoms with van der Waals surface area (Å²) in [5.74, 6) is 0.373. The Morgan fingerprint density at radius 1 is 1.38 bits per heavy atom. The normalized spacial score (nSPS) is 18.7. The van der Waals surface area contributed by atoms with E-state index in [1.165, 1.54) is 18.2 Å². The Bertz CT molecular complexity index is 482. The molecule has 1 aliphatic heterocycles. The molecule has 21 heavy (non-hydrogen) atoms. The molecule has 1 aromatic rings. The smallest absolute Gasteiger partial charge is 0.326 e. The van der Waals surface area contributed by atoms with Crippen molar-refractivity contribution in [2.24, 2.45) is 5.92 Å². The van der Waals surface area contributed by atoms with Crippen LogP contribution in [0.25, 0.3) is 0 Å². The van der Waals surface area contributed by atoms with Crippen LogP contribution >= 0.6 is 0 Å². The summed E-state index contributed by atoms with van der Waals surface area (Å²) in [4.78, 5) is 11.8. The van der Waals surface area contributed by atoms with Gasteiger partial charge in [-0.25, -0.2) is 0 Å². The fraction of sp³-hybridized carbons (Fsp3) is 0.533. The second-order valence-corrected chi connectivity index (χ2v) is 5.44. The number of amides is 1. The first-order valence-electron chi connectivity index (χ1n) is 7.08. The monoisotopic (exact) mass is 300 g/mol. The molecular formula is C15H19F3N2O. The van der Waals surface area contributed by atoms with Crippen LogP contribution in [0.1, 0.15) is 24.8 Å². The van der Waals surface area contributed by atoms with Crippen molar-refractivity contribution in [1.29, 1.82) is 0 Å². The lowest BCUT2D eigenvalue weighted by molar-refractivity contribution is -0.127. The number of carbonyl (C=O) groups is 1. The van der Waals surface area contributed by atoms with E-state index in [4.69, 9.17) is 0 Å². The lowest BCUT2D eigenvalue weighted by atomic mass is 10.0. The molecule has 1 aliphatic rings. The minimum atomic E-state index is -4.24. The van der Waals surface area contributed by atoms with E-state index in [0.29, 0.717) is 18.0 Å². The topological polar surface area (TPSA) is 41.1 Å². The van der Waals surface area contributed by atoms with Crippen LogP contribution in [-0.2, 0) is 11.2 Å². The molecule has 1 unspecified atom stereocenters. The van der Waals surface area contributed by atoms with Gasteiger partial charge in [-0.15, -0.1) is 0 Å². The van der Waals surface area contributed by atoms with Gasteiger partial charge in [0.1, 0.15) is 0 Å². The average molecular weight is 300 g/mol. The molecule has 1 heterocycles. The van der Waals surface area contributed by atoms with Crippen molar-refractivity contribution >= 4 is 11.6 Å². The zero-order valence-corrected chi connectivity index (χ0v) is 11.7. The summed E-state index contributed by atoms with van der Waals surface area (Å²) in [6.45, 7) is 1.93. The predicted molar refractivity (Wildman–Crippen MR) is 75.0 cm³/mol. The molecule has 1 saturated heterocycles. The second kappa shape index (κ2) is 6.93. The quantitative estimate of drug-likeness (QED) is 0.877. The van der Waals surface area contributed by atoms with Crippen LogP contribution < -0.4 is 10.6 Å². The molecule has 0 radical (unpaired) electrons. The fourth-order valence-electron chi connectivity index (χ4n) is 2.51. The van der Waals surface area contributed by atoms with Crippen molar-refractivity contribution in [3.63, 3.8) is 0 Å². The first-order valence-corrected chi connectivity index (χ1v) is 7.08. The molecule has 1 amide bonds. The molecule has 0 bridgehead atoms. The summed E-state index contributed by atoms with van der Waals surface area (Å²) in [6, 6.07) is 5.92. The number of rotatable bonds is 5. The summed E-state index contributed by atoms with van der Waals surface area (Å²) < 4.78 is 37.0. The van der Waals surface area contributed by atoms with E-state index in [1.54, 1.807) is 6.07 Å². The molecule has 6 heteroatoms.